The molecule has 11 heteroatoms. The van der Waals surface area contributed by atoms with Gasteiger partial charge in [0.2, 0.25) is 6.29 Å². The van der Waals surface area contributed by atoms with Crippen LogP contribution in [0.3, 0.4) is 0 Å². The maximum atomic E-state index is 13.8. The first-order chi connectivity index (χ1) is 18.0. The fraction of sp³-hybridized carbons (Fsp3) is 0.214. The number of carboxylic acids is 1. The molecule has 0 bridgehead atoms. The van der Waals surface area contributed by atoms with Crippen molar-refractivity contribution in [3.8, 4) is 0 Å². The second kappa shape index (κ2) is 14.2. The molecule has 0 saturated heterocycles. The Labute approximate surface area is 252 Å². The molecule has 0 heterocycles. The number of amides is 1. The van der Waals surface area contributed by atoms with Crippen molar-refractivity contribution >= 4 is 46.8 Å². The van der Waals surface area contributed by atoms with E-state index in [0.717, 1.165) is 16.5 Å². The van der Waals surface area contributed by atoms with Crippen LogP contribution in [0.5, 0.6) is 0 Å². The first kappa shape index (κ1) is 32.0. The molecule has 8 nitrogen and oxygen atoms in total. The molecule has 3 rings (SSSR count). The summed E-state index contributed by atoms with van der Waals surface area (Å²) in [6.07, 6.45) is -3.38. The van der Waals surface area contributed by atoms with Crippen LogP contribution in [0.25, 0.3) is 0 Å². The van der Waals surface area contributed by atoms with Gasteiger partial charge in [0.25, 0.3) is 0 Å². The molecule has 1 amide bonds. The molecule has 1 unspecified atom stereocenters. The molecule has 0 aromatic heterocycles. The van der Waals surface area contributed by atoms with Crippen molar-refractivity contribution in [1.29, 1.82) is 0 Å². The van der Waals surface area contributed by atoms with Gasteiger partial charge in [0.05, 0.1) is 22.8 Å². The summed E-state index contributed by atoms with van der Waals surface area (Å²) in [6, 6.07) is 15.1. The van der Waals surface area contributed by atoms with E-state index in [-0.39, 0.29) is 57.3 Å². The monoisotopic (exact) mass is 563 g/mol. The molecule has 0 aliphatic rings. The van der Waals surface area contributed by atoms with E-state index in [9.17, 15) is 28.7 Å². The molecule has 0 radical (unpaired) electrons. The number of carbonyl (C=O) groups is 4. The Kier molecular flexibility index (Phi) is 11.7. The third-order valence-electron chi connectivity index (χ3n) is 5.52. The number of halogens is 2. The number of benzene rings is 3. The quantitative estimate of drug-likeness (QED) is 0.169. The Morgan fingerprint density at radius 2 is 1.62 bits per heavy atom. The minimum absolute atomic E-state index is 0. The van der Waals surface area contributed by atoms with Crippen molar-refractivity contribution in [1.82, 2.24) is 0 Å². The molecule has 0 aliphatic heterocycles. The normalized spacial score (nSPS) is 11.1. The van der Waals surface area contributed by atoms with Crippen LogP contribution in [0.2, 0.25) is 5.02 Å². The van der Waals surface area contributed by atoms with Crippen molar-refractivity contribution in [3.05, 3.63) is 93.8 Å². The zero-order chi connectivity index (χ0) is 28.0. The van der Waals surface area contributed by atoms with Gasteiger partial charge in [0.15, 0.2) is 5.78 Å². The smallest absolute Gasteiger partial charge is 0.550 e. The molecule has 1 atom stereocenters. The molecule has 39 heavy (non-hydrogen) atoms. The van der Waals surface area contributed by atoms with Gasteiger partial charge in [-0.2, -0.15) is 0 Å². The van der Waals surface area contributed by atoms with Gasteiger partial charge in [-0.25, -0.2) is 14.1 Å². The summed E-state index contributed by atoms with van der Waals surface area (Å²) < 4.78 is 24.0. The van der Waals surface area contributed by atoms with Crippen LogP contribution < -0.4 is 39.6 Å². The first-order valence-electron chi connectivity index (χ1n) is 11.5. The van der Waals surface area contributed by atoms with E-state index in [1.165, 1.54) is 37.3 Å². The van der Waals surface area contributed by atoms with Crippen LogP contribution in [-0.2, 0) is 19.1 Å². The minimum atomic E-state index is -1.43. The van der Waals surface area contributed by atoms with Crippen LogP contribution in [-0.4, -0.2) is 30.1 Å². The number of esters is 1. The summed E-state index contributed by atoms with van der Waals surface area (Å²) in [5.41, 5.74) is 2.29. The first-order valence-corrected chi connectivity index (χ1v) is 11.9. The summed E-state index contributed by atoms with van der Waals surface area (Å²) in [5.74, 6) is -3.15. The molecular weight excluding hydrogens is 540 g/mol. The SMILES string of the molecule is Cc1ccccc1C(=O)c1ccc(N(C(=O)OC(C)OC(=O)CCC(=O)[O-])c2ccc(F)cc2C)cc1Cl.[Na+]. The maximum absolute atomic E-state index is 13.8. The van der Waals surface area contributed by atoms with Crippen LogP contribution >= 0.6 is 11.6 Å². The Hall–Kier alpha value is -3.24. The third-order valence-corrected chi connectivity index (χ3v) is 5.84. The van der Waals surface area contributed by atoms with Gasteiger partial charge in [0, 0.05) is 24.0 Å². The van der Waals surface area contributed by atoms with Crippen molar-refractivity contribution < 1.29 is 67.7 Å². The maximum Gasteiger partial charge on any atom is 1.00 e. The number of hydrogen-bond acceptors (Lipinski definition) is 7. The van der Waals surface area contributed by atoms with E-state index in [2.05, 4.69) is 0 Å². The van der Waals surface area contributed by atoms with Crippen LogP contribution in [0, 0.1) is 19.7 Å². The van der Waals surface area contributed by atoms with E-state index < -0.39 is 43.0 Å². The molecule has 0 fully saturated rings. The van der Waals surface area contributed by atoms with Crippen molar-refractivity contribution in [2.45, 2.75) is 39.9 Å². The number of hydrogen-bond donors (Lipinski definition) is 0. The predicted molar refractivity (Wildman–Crippen MR) is 136 cm³/mol. The van der Waals surface area contributed by atoms with Crippen molar-refractivity contribution in [2.75, 3.05) is 4.90 Å². The molecule has 198 valence electrons. The predicted octanol–water partition coefficient (Wildman–Crippen LogP) is 2.02. The molecule has 0 spiro atoms. The summed E-state index contributed by atoms with van der Waals surface area (Å²) in [7, 11) is 0. The molecular formula is C28H24ClFNNaO7. The van der Waals surface area contributed by atoms with Gasteiger partial charge in [-0.3, -0.25) is 9.59 Å². The van der Waals surface area contributed by atoms with Crippen molar-refractivity contribution in [2.24, 2.45) is 0 Å². The third kappa shape index (κ3) is 8.37. The number of ether oxygens (including phenoxy) is 2. The standard InChI is InChI=1S/C28H25ClFNO7.Na/c1-16-6-4-5-7-21(16)27(35)22-10-9-20(15-23(22)29)31(24-11-8-19(30)14-17(24)2)28(36)38-18(3)37-26(34)13-12-25(32)33;/h4-11,14-15,18H,12-13H2,1-3H3,(H,32,33);/q;+1/p-1. The van der Waals surface area contributed by atoms with Crippen LogP contribution in [0.1, 0.15) is 46.8 Å². The Morgan fingerprint density at radius 1 is 0.923 bits per heavy atom. The van der Waals surface area contributed by atoms with Crippen LogP contribution in [0.4, 0.5) is 20.6 Å². The second-order valence-corrected chi connectivity index (χ2v) is 8.79. The van der Waals surface area contributed by atoms with E-state index in [1.54, 1.807) is 32.0 Å². The number of ketones is 1. The Bertz CT molecular complexity index is 1400. The average molecular weight is 564 g/mol. The van der Waals surface area contributed by atoms with Gasteiger partial charge >= 0.3 is 41.6 Å². The number of nitrogens with zero attached hydrogens (tertiary/aromatic N) is 1. The van der Waals surface area contributed by atoms with Gasteiger partial charge < -0.3 is 19.4 Å². The van der Waals surface area contributed by atoms with Crippen molar-refractivity contribution in [3.63, 3.8) is 0 Å². The van der Waals surface area contributed by atoms with Crippen LogP contribution in [0.15, 0.2) is 60.7 Å². The van der Waals surface area contributed by atoms with Gasteiger partial charge in [-0.1, -0.05) is 35.9 Å². The summed E-state index contributed by atoms with van der Waals surface area (Å²) in [5, 5.41) is 10.6. The minimum Gasteiger partial charge on any atom is -0.550 e. The van der Waals surface area contributed by atoms with E-state index >= 15 is 0 Å². The summed E-state index contributed by atoms with van der Waals surface area (Å²) >= 11 is 6.48. The molecule has 0 aliphatic carbocycles. The molecule has 0 N–H and O–H groups in total. The molecule has 3 aromatic carbocycles. The fourth-order valence-corrected chi connectivity index (χ4v) is 3.94. The number of carboxylic acid groups (broad SMARTS) is 1. The van der Waals surface area contributed by atoms with Gasteiger partial charge in [-0.15, -0.1) is 0 Å². The number of rotatable bonds is 9. The fourth-order valence-electron chi connectivity index (χ4n) is 3.68. The zero-order valence-electron chi connectivity index (χ0n) is 21.8. The Balaban J connectivity index is 0.00000533. The number of aryl methyl sites for hydroxylation is 2. The number of aliphatic carboxylic acids is 1. The average Bonchev–Trinajstić information content (AvgIpc) is 2.84. The van der Waals surface area contributed by atoms with Gasteiger partial charge in [-0.05, 0) is 67.8 Å². The second-order valence-electron chi connectivity index (χ2n) is 8.39. The van der Waals surface area contributed by atoms with E-state index in [0.29, 0.717) is 11.1 Å². The van der Waals surface area contributed by atoms with Gasteiger partial charge in [0.1, 0.15) is 5.82 Å². The molecule has 3 aromatic rings. The number of carbonyl (C=O) groups excluding carboxylic acids is 4. The largest absolute Gasteiger partial charge is 1.00 e. The molecule has 0 saturated carbocycles. The number of anilines is 2. The topological polar surface area (TPSA) is 113 Å². The summed E-state index contributed by atoms with van der Waals surface area (Å²) in [6.45, 7) is 4.67. The summed E-state index contributed by atoms with van der Waals surface area (Å²) in [4.78, 5) is 49.8. The van der Waals surface area contributed by atoms with E-state index in [1.807, 2.05) is 6.07 Å². The zero-order valence-corrected chi connectivity index (χ0v) is 24.6. The van der Waals surface area contributed by atoms with E-state index in [4.69, 9.17) is 21.1 Å². The Morgan fingerprint density at radius 3 is 2.23 bits per heavy atom.